The quantitative estimate of drug-likeness (QED) is 0.692. The smallest absolute Gasteiger partial charge is 0.244 e. The minimum Gasteiger partial charge on any atom is -0.326 e. The molecule has 1 heterocycles. The van der Waals surface area contributed by atoms with Gasteiger partial charge in [0.25, 0.3) is 0 Å². The van der Waals surface area contributed by atoms with Gasteiger partial charge >= 0.3 is 0 Å². The molecule has 1 aromatic rings. The number of halogens is 2. The van der Waals surface area contributed by atoms with Crippen molar-refractivity contribution in [1.29, 1.82) is 5.26 Å². The lowest BCUT2D eigenvalue weighted by Crippen LogP contribution is -2.45. The van der Waals surface area contributed by atoms with Crippen molar-refractivity contribution in [3.63, 3.8) is 0 Å². The SMILES string of the molecule is N#CCN(C(=O)C1CCN(S(=O)(=O)c2cc(Cl)ccc2Cl)CC1)C1CC1. The lowest BCUT2D eigenvalue weighted by atomic mass is 9.96. The average Bonchev–Trinajstić information content (AvgIpc) is 3.46. The van der Waals surface area contributed by atoms with Gasteiger partial charge in [-0.15, -0.1) is 0 Å². The van der Waals surface area contributed by atoms with Crippen LogP contribution in [0.1, 0.15) is 25.7 Å². The summed E-state index contributed by atoms with van der Waals surface area (Å²) in [6.45, 7) is 0.583. The number of piperidine rings is 1. The van der Waals surface area contributed by atoms with Crippen LogP contribution < -0.4 is 0 Å². The van der Waals surface area contributed by atoms with Crippen molar-refractivity contribution in [3.05, 3.63) is 28.2 Å². The zero-order valence-electron chi connectivity index (χ0n) is 14.1. The molecule has 0 spiro atoms. The second-order valence-electron chi connectivity index (χ2n) is 6.61. The number of nitriles is 1. The molecule has 26 heavy (non-hydrogen) atoms. The Hall–Kier alpha value is -1.33. The van der Waals surface area contributed by atoms with Crippen LogP contribution in [-0.2, 0) is 14.8 Å². The summed E-state index contributed by atoms with van der Waals surface area (Å²) in [7, 11) is -3.76. The van der Waals surface area contributed by atoms with E-state index in [1.807, 2.05) is 6.07 Å². The van der Waals surface area contributed by atoms with Crippen molar-refractivity contribution < 1.29 is 13.2 Å². The van der Waals surface area contributed by atoms with Gasteiger partial charge in [0.15, 0.2) is 0 Å². The van der Waals surface area contributed by atoms with Gasteiger partial charge in [0.05, 0.1) is 11.1 Å². The molecule has 1 amide bonds. The highest BCUT2D eigenvalue weighted by Crippen LogP contribution is 2.33. The Morgan fingerprint density at radius 2 is 1.88 bits per heavy atom. The summed E-state index contributed by atoms with van der Waals surface area (Å²) in [5, 5.41) is 9.36. The maximum absolute atomic E-state index is 12.8. The zero-order chi connectivity index (χ0) is 18.9. The monoisotopic (exact) mass is 415 g/mol. The fraction of sp³-hybridized carbons (Fsp3) is 0.529. The lowest BCUT2D eigenvalue weighted by molar-refractivity contribution is -0.136. The van der Waals surface area contributed by atoms with Gasteiger partial charge < -0.3 is 4.90 Å². The summed E-state index contributed by atoms with van der Waals surface area (Å²) in [6.07, 6.45) is 2.75. The van der Waals surface area contributed by atoms with E-state index in [4.69, 9.17) is 28.5 Å². The maximum atomic E-state index is 12.8. The van der Waals surface area contributed by atoms with Gasteiger partial charge in [0, 0.05) is 30.1 Å². The van der Waals surface area contributed by atoms with Gasteiger partial charge in [0.2, 0.25) is 15.9 Å². The number of nitrogens with zero attached hydrogens (tertiary/aromatic N) is 3. The van der Waals surface area contributed by atoms with Crippen molar-refractivity contribution in [2.75, 3.05) is 19.6 Å². The van der Waals surface area contributed by atoms with E-state index in [0.29, 0.717) is 17.9 Å². The lowest BCUT2D eigenvalue weighted by Gasteiger charge is -2.33. The maximum Gasteiger partial charge on any atom is 0.244 e. The fourth-order valence-electron chi connectivity index (χ4n) is 3.24. The summed E-state index contributed by atoms with van der Waals surface area (Å²) in [4.78, 5) is 14.3. The Balaban J connectivity index is 1.69. The minimum absolute atomic E-state index is 0.0134. The van der Waals surface area contributed by atoms with Crippen molar-refractivity contribution in [2.45, 2.75) is 36.6 Å². The highest BCUT2D eigenvalue weighted by molar-refractivity contribution is 7.89. The summed E-state index contributed by atoms with van der Waals surface area (Å²) in [5.74, 6) is -0.280. The van der Waals surface area contributed by atoms with Gasteiger partial charge in [-0.25, -0.2) is 8.42 Å². The standard InChI is InChI=1S/C17H19Cl2N3O3S/c18-13-1-4-15(19)16(11-13)26(24,25)21-8-5-12(6-9-21)17(23)22(10-7-20)14-2-3-14/h1,4,11-12,14H,2-3,5-6,8-10H2. The molecule has 1 aliphatic carbocycles. The second kappa shape index (κ2) is 7.73. The first kappa shape index (κ1) is 19.4. The molecule has 2 fully saturated rings. The number of hydrogen-bond donors (Lipinski definition) is 0. The molecule has 0 bridgehead atoms. The third kappa shape index (κ3) is 3.99. The molecular formula is C17H19Cl2N3O3S. The first-order valence-corrected chi connectivity index (χ1v) is 10.7. The molecule has 3 rings (SSSR count). The van der Waals surface area contributed by atoms with Crippen LogP contribution in [0.2, 0.25) is 10.0 Å². The van der Waals surface area contributed by atoms with E-state index < -0.39 is 10.0 Å². The number of carbonyl (C=O) groups excluding carboxylic acids is 1. The molecule has 1 saturated carbocycles. The molecule has 1 saturated heterocycles. The topological polar surface area (TPSA) is 81.5 Å². The molecule has 1 aliphatic heterocycles. The largest absolute Gasteiger partial charge is 0.326 e. The summed E-state index contributed by atoms with van der Waals surface area (Å²) in [5.41, 5.74) is 0. The van der Waals surface area contributed by atoms with Crippen LogP contribution in [0.25, 0.3) is 0 Å². The van der Waals surface area contributed by atoms with E-state index in [-0.39, 0.29) is 47.4 Å². The normalized spacial score (nSPS) is 19.1. The van der Waals surface area contributed by atoms with E-state index in [9.17, 15) is 13.2 Å². The molecule has 140 valence electrons. The van der Waals surface area contributed by atoms with E-state index >= 15 is 0 Å². The van der Waals surface area contributed by atoms with Crippen LogP contribution in [0.15, 0.2) is 23.1 Å². The Labute approximate surface area is 163 Å². The molecule has 6 nitrogen and oxygen atoms in total. The van der Waals surface area contributed by atoms with Crippen LogP contribution in [0.3, 0.4) is 0 Å². The number of rotatable bonds is 5. The summed E-state index contributed by atoms with van der Waals surface area (Å²) >= 11 is 11.9. The number of amides is 1. The zero-order valence-corrected chi connectivity index (χ0v) is 16.4. The van der Waals surface area contributed by atoms with Crippen molar-refractivity contribution in [3.8, 4) is 6.07 Å². The Morgan fingerprint density at radius 3 is 2.46 bits per heavy atom. The van der Waals surface area contributed by atoms with E-state index in [1.54, 1.807) is 4.90 Å². The predicted molar refractivity (Wildman–Crippen MR) is 98.3 cm³/mol. The van der Waals surface area contributed by atoms with Gasteiger partial charge in [-0.3, -0.25) is 4.79 Å². The number of carbonyl (C=O) groups is 1. The number of benzene rings is 1. The molecule has 0 N–H and O–H groups in total. The minimum atomic E-state index is -3.76. The van der Waals surface area contributed by atoms with Crippen LogP contribution >= 0.6 is 23.2 Å². The van der Waals surface area contributed by atoms with Gasteiger partial charge in [-0.2, -0.15) is 9.57 Å². The third-order valence-electron chi connectivity index (χ3n) is 4.83. The van der Waals surface area contributed by atoms with Crippen molar-refractivity contribution in [1.82, 2.24) is 9.21 Å². The molecule has 0 aromatic heterocycles. The number of sulfonamides is 1. The van der Waals surface area contributed by atoms with E-state index in [2.05, 4.69) is 0 Å². The molecule has 0 radical (unpaired) electrons. The first-order valence-electron chi connectivity index (χ1n) is 8.47. The van der Waals surface area contributed by atoms with Crippen LogP contribution in [0.4, 0.5) is 0 Å². The molecule has 0 atom stereocenters. The van der Waals surface area contributed by atoms with Gasteiger partial charge in [-0.05, 0) is 43.9 Å². The molecule has 2 aliphatic rings. The Morgan fingerprint density at radius 1 is 1.23 bits per heavy atom. The van der Waals surface area contributed by atoms with E-state index in [1.165, 1.54) is 22.5 Å². The average molecular weight is 416 g/mol. The predicted octanol–water partition coefficient (Wildman–Crippen LogP) is 2.91. The van der Waals surface area contributed by atoms with Crippen LogP contribution in [0, 0.1) is 17.2 Å². The van der Waals surface area contributed by atoms with Gasteiger partial charge in [0.1, 0.15) is 11.4 Å². The van der Waals surface area contributed by atoms with Crippen LogP contribution in [-0.4, -0.2) is 49.2 Å². The molecular weight excluding hydrogens is 397 g/mol. The fourth-order valence-corrected chi connectivity index (χ4v) is 5.45. The third-order valence-corrected chi connectivity index (χ3v) is 7.44. The molecule has 1 aromatic carbocycles. The second-order valence-corrected chi connectivity index (χ2v) is 9.36. The van der Waals surface area contributed by atoms with Crippen molar-refractivity contribution in [2.24, 2.45) is 5.92 Å². The van der Waals surface area contributed by atoms with E-state index in [0.717, 1.165) is 12.8 Å². The van der Waals surface area contributed by atoms with Gasteiger partial charge in [-0.1, -0.05) is 23.2 Å². The summed E-state index contributed by atoms with van der Waals surface area (Å²) < 4.78 is 27.0. The number of hydrogen-bond acceptors (Lipinski definition) is 4. The summed E-state index contributed by atoms with van der Waals surface area (Å²) in [6, 6.07) is 6.57. The Kier molecular flexibility index (Phi) is 5.78. The molecule has 0 unspecified atom stereocenters. The van der Waals surface area contributed by atoms with Crippen LogP contribution in [0.5, 0.6) is 0 Å². The first-order chi connectivity index (χ1) is 12.3. The van der Waals surface area contributed by atoms with Crippen molar-refractivity contribution >= 4 is 39.1 Å². The Bertz CT molecular complexity index is 841. The highest BCUT2D eigenvalue weighted by Gasteiger charge is 2.38. The molecule has 9 heteroatoms. The highest BCUT2D eigenvalue weighted by atomic mass is 35.5.